The first-order valence-electron chi connectivity index (χ1n) is 8.39. The van der Waals surface area contributed by atoms with Gasteiger partial charge >= 0.3 is 0 Å². The van der Waals surface area contributed by atoms with Gasteiger partial charge in [-0.15, -0.1) is 11.3 Å². The summed E-state index contributed by atoms with van der Waals surface area (Å²) in [5, 5.41) is 4.84. The van der Waals surface area contributed by atoms with Crippen LogP contribution in [-0.4, -0.2) is 31.7 Å². The molecule has 2 aromatic rings. The Kier molecular flexibility index (Phi) is 7.16. The van der Waals surface area contributed by atoms with Gasteiger partial charge in [0.2, 0.25) is 15.9 Å². The standard InChI is InChI=1S/C18H24N2O3S2/c1-3-20(4-2)25(22,23)17-12-10-15(11-13-17)19-18(21)9-5-7-16-8-6-14-24-16/h6,8,10-14H,3-5,7,9H2,1-2H3,(H,19,21). The van der Waals surface area contributed by atoms with Crippen molar-refractivity contribution in [2.45, 2.75) is 38.0 Å². The Balaban J connectivity index is 1.90. The van der Waals surface area contributed by atoms with Gasteiger partial charge in [0.25, 0.3) is 0 Å². The third-order valence-corrected chi connectivity index (χ3v) is 6.89. The Morgan fingerprint density at radius 2 is 1.80 bits per heavy atom. The van der Waals surface area contributed by atoms with Gasteiger partial charge < -0.3 is 5.32 Å². The zero-order valence-electron chi connectivity index (χ0n) is 14.6. The van der Waals surface area contributed by atoms with Crippen molar-refractivity contribution in [2.75, 3.05) is 18.4 Å². The largest absolute Gasteiger partial charge is 0.326 e. The number of nitrogens with one attached hydrogen (secondary N) is 1. The lowest BCUT2D eigenvalue weighted by Crippen LogP contribution is -2.30. The number of benzene rings is 1. The summed E-state index contributed by atoms with van der Waals surface area (Å²) in [7, 11) is -3.46. The van der Waals surface area contributed by atoms with Gasteiger partial charge in [0, 0.05) is 30.1 Å². The van der Waals surface area contributed by atoms with Gasteiger partial charge in [-0.3, -0.25) is 4.79 Å². The summed E-state index contributed by atoms with van der Waals surface area (Å²) < 4.78 is 26.3. The van der Waals surface area contributed by atoms with E-state index >= 15 is 0 Å². The fourth-order valence-corrected chi connectivity index (χ4v) is 4.73. The van der Waals surface area contributed by atoms with Crippen molar-refractivity contribution < 1.29 is 13.2 Å². The molecule has 0 aliphatic heterocycles. The molecule has 136 valence electrons. The van der Waals surface area contributed by atoms with Crippen molar-refractivity contribution in [1.82, 2.24) is 4.31 Å². The maximum absolute atomic E-state index is 12.4. The van der Waals surface area contributed by atoms with Gasteiger partial charge in [0.1, 0.15) is 0 Å². The van der Waals surface area contributed by atoms with Crippen LogP contribution in [0.1, 0.15) is 31.6 Å². The number of nitrogens with zero attached hydrogens (tertiary/aromatic N) is 1. The van der Waals surface area contributed by atoms with E-state index in [1.807, 2.05) is 25.3 Å². The van der Waals surface area contributed by atoms with E-state index < -0.39 is 10.0 Å². The van der Waals surface area contributed by atoms with Crippen LogP contribution < -0.4 is 5.32 Å². The molecule has 0 fully saturated rings. The molecule has 1 N–H and O–H groups in total. The van der Waals surface area contributed by atoms with Crippen LogP contribution in [0.3, 0.4) is 0 Å². The number of amides is 1. The number of hydrogen-bond acceptors (Lipinski definition) is 4. The smallest absolute Gasteiger partial charge is 0.243 e. The van der Waals surface area contributed by atoms with Crippen LogP contribution >= 0.6 is 11.3 Å². The molecular weight excluding hydrogens is 356 g/mol. The number of anilines is 1. The Morgan fingerprint density at radius 3 is 2.36 bits per heavy atom. The van der Waals surface area contributed by atoms with Crippen LogP contribution in [0.15, 0.2) is 46.7 Å². The zero-order valence-corrected chi connectivity index (χ0v) is 16.2. The number of rotatable bonds is 9. The monoisotopic (exact) mass is 380 g/mol. The normalized spacial score (nSPS) is 11.6. The molecule has 5 nitrogen and oxygen atoms in total. The molecular formula is C18H24N2O3S2. The summed E-state index contributed by atoms with van der Waals surface area (Å²) in [5.74, 6) is -0.0593. The Labute approximate surface area is 153 Å². The van der Waals surface area contributed by atoms with E-state index in [-0.39, 0.29) is 10.8 Å². The van der Waals surface area contributed by atoms with Crippen LogP contribution in [0.4, 0.5) is 5.69 Å². The van der Waals surface area contributed by atoms with E-state index in [1.54, 1.807) is 23.5 Å². The fourth-order valence-electron chi connectivity index (χ4n) is 2.52. The summed E-state index contributed by atoms with van der Waals surface area (Å²) >= 11 is 1.70. The second-order valence-corrected chi connectivity index (χ2v) is 8.56. The lowest BCUT2D eigenvalue weighted by molar-refractivity contribution is -0.116. The number of hydrogen-bond donors (Lipinski definition) is 1. The van der Waals surface area contributed by atoms with Gasteiger partial charge in [-0.1, -0.05) is 19.9 Å². The SMILES string of the molecule is CCN(CC)S(=O)(=O)c1ccc(NC(=O)CCCc2cccs2)cc1. The maximum atomic E-state index is 12.4. The second kappa shape index (κ2) is 9.12. The van der Waals surface area contributed by atoms with Crippen LogP contribution in [0.2, 0.25) is 0 Å². The predicted molar refractivity (Wildman–Crippen MR) is 102 cm³/mol. The third-order valence-electron chi connectivity index (χ3n) is 3.89. The molecule has 1 heterocycles. The quantitative estimate of drug-likeness (QED) is 0.721. The van der Waals surface area contributed by atoms with Gasteiger partial charge in [0.05, 0.1) is 4.90 Å². The average molecular weight is 381 g/mol. The summed E-state index contributed by atoms with van der Waals surface area (Å²) in [5.41, 5.74) is 0.611. The number of aryl methyl sites for hydroxylation is 1. The van der Waals surface area contributed by atoms with Gasteiger partial charge in [-0.05, 0) is 48.6 Å². The second-order valence-electron chi connectivity index (χ2n) is 5.59. The Bertz CT molecular complexity index is 765. The molecule has 25 heavy (non-hydrogen) atoms. The number of carbonyl (C=O) groups excluding carboxylic acids is 1. The molecule has 0 radical (unpaired) electrons. The lowest BCUT2D eigenvalue weighted by Gasteiger charge is -2.18. The van der Waals surface area contributed by atoms with Gasteiger partial charge in [-0.2, -0.15) is 4.31 Å². The highest BCUT2D eigenvalue weighted by Gasteiger charge is 2.21. The van der Waals surface area contributed by atoms with Crippen molar-refractivity contribution in [3.05, 3.63) is 46.7 Å². The molecule has 0 unspecified atom stereocenters. The van der Waals surface area contributed by atoms with Crippen LogP contribution in [0.25, 0.3) is 0 Å². The number of carbonyl (C=O) groups is 1. The van der Waals surface area contributed by atoms with Crippen LogP contribution in [-0.2, 0) is 21.2 Å². The Hall–Kier alpha value is -1.70. The van der Waals surface area contributed by atoms with Crippen molar-refractivity contribution >= 4 is 33.0 Å². The molecule has 0 aliphatic carbocycles. The van der Waals surface area contributed by atoms with Crippen molar-refractivity contribution in [3.8, 4) is 0 Å². The number of sulfonamides is 1. The maximum Gasteiger partial charge on any atom is 0.243 e. The molecule has 0 saturated heterocycles. The third kappa shape index (κ3) is 5.39. The first-order valence-corrected chi connectivity index (χ1v) is 10.7. The molecule has 2 rings (SSSR count). The molecule has 0 bridgehead atoms. The molecule has 0 aliphatic rings. The van der Waals surface area contributed by atoms with E-state index in [1.165, 1.54) is 21.3 Å². The highest BCUT2D eigenvalue weighted by atomic mass is 32.2. The summed E-state index contributed by atoms with van der Waals surface area (Å²) in [6.07, 6.45) is 2.13. The minimum Gasteiger partial charge on any atom is -0.326 e. The lowest BCUT2D eigenvalue weighted by atomic mass is 10.2. The predicted octanol–water partition coefficient (Wildman–Crippen LogP) is 3.74. The van der Waals surface area contributed by atoms with Crippen molar-refractivity contribution in [1.29, 1.82) is 0 Å². The molecule has 1 aromatic heterocycles. The first-order chi connectivity index (χ1) is 12.0. The van der Waals surface area contributed by atoms with E-state index in [0.29, 0.717) is 25.2 Å². The fraction of sp³-hybridized carbons (Fsp3) is 0.389. The van der Waals surface area contributed by atoms with E-state index in [0.717, 1.165) is 12.8 Å². The average Bonchev–Trinajstić information content (AvgIpc) is 3.09. The van der Waals surface area contributed by atoms with Gasteiger partial charge in [0.15, 0.2) is 0 Å². The number of thiophene rings is 1. The summed E-state index contributed by atoms with van der Waals surface area (Å²) in [6.45, 7) is 4.49. The van der Waals surface area contributed by atoms with E-state index in [9.17, 15) is 13.2 Å². The summed E-state index contributed by atoms with van der Waals surface area (Å²) in [6, 6.07) is 10.4. The molecule has 0 spiro atoms. The minimum atomic E-state index is -3.46. The molecule has 0 atom stereocenters. The van der Waals surface area contributed by atoms with Gasteiger partial charge in [-0.25, -0.2) is 8.42 Å². The van der Waals surface area contributed by atoms with E-state index in [2.05, 4.69) is 11.4 Å². The zero-order chi connectivity index (χ0) is 18.3. The Morgan fingerprint density at radius 1 is 1.12 bits per heavy atom. The highest BCUT2D eigenvalue weighted by molar-refractivity contribution is 7.89. The highest BCUT2D eigenvalue weighted by Crippen LogP contribution is 2.19. The minimum absolute atomic E-state index is 0.0593. The summed E-state index contributed by atoms with van der Waals surface area (Å²) in [4.78, 5) is 13.5. The van der Waals surface area contributed by atoms with Crippen molar-refractivity contribution in [2.24, 2.45) is 0 Å². The topological polar surface area (TPSA) is 66.5 Å². The molecule has 1 aromatic carbocycles. The molecule has 0 saturated carbocycles. The first kappa shape index (κ1) is 19.6. The molecule has 1 amide bonds. The van der Waals surface area contributed by atoms with Crippen LogP contribution in [0.5, 0.6) is 0 Å². The van der Waals surface area contributed by atoms with Crippen molar-refractivity contribution in [3.63, 3.8) is 0 Å². The molecule has 7 heteroatoms. The van der Waals surface area contributed by atoms with Crippen LogP contribution in [0, 0.1) is 0 Å². The van der Waals surface area contributed by atoms with E-state index in [4.69, 9.17) is 0 Å².